The van der Waals surface area contributed by atoms with Crippen LogP contribution in [0.4, 0.5) is 0 Å². The average molecular weight is 259 g/mol. The lowest BCUT2D eigenvalue weighted by Crippen LogP contribution is -2.29. The normalized spacial score (nSPS) is 10.8. The molecular formula is C14H17N3O2. The van der Waals surface area contributed by atoms with Gasteiger partial charge in [-0.3, -0.25) is 9.69 Å². The fourth-order valence-corrected chi connectivity index (χ4v) is 1.91. The number of carboxylic acids is 1. The molecule has 0 spiro atoms. The first kappa shape index (κ1) is 13.3. The Morgan fingerprint density at radius 3 is 2.63 bits per heavy atom. The number of aromatic nitrogens is 2. The summed E-state index contributed by atoms with van der Waals surface area (Å²) in [4.78, 5) is 16.6. The second kappa shape index (κ2) is 6.15. The largest absolute Gasteiger partial charge is 0.480 e. The first-order chi connectivity index (χ1) is 9.19. The van der Waals surface area contributed by atoms with Crippen molar-refractivity contribution in [2.75, 3.05) is 13.1 Å². The van der Waals surface area contributed by atoms with Crippen molar-refractivity contribution in [1.29, 1.82) is 0 Å². The van der Waals surface area contributed by atoms with E-state index in [9.17, 15) is 4.79 Å². The number of carboxylic acid groups (broad SMARTS) is 1. The molecule has 0 aliphatic heterocycles. The summed E-state index contributed by atoms with van der Waals surface area (Å²) < 4.78 is 1.93. The predicted octanol–water partition coefficient (Wildman–Crippen LogP) is 1.78. The van der Waals surface area contributed by atoms with Gasteiger partial charge in [-0.2, -0.15) is 0 Å². The van der Waals surface area contributed by atoms with Crippen LogP contribution in [-0.4, -0.2) is 38.6 Å². The van der Waals surface area contributed by atoms with Crippen LogP contribution in [-0.2, 0) is 11.3 Å². The SMILES string of the molecule is CCN(CC(=O)O)Cc1ccc(-n2ccnc2)cc1. The lowest BCUT2D eigenvalue weighted by molar-refractivity contribution is -0.138. The number of hydrogen-bond acceptors (Lipinski definition) is 3. The zero-order valence-corrected chi connectivity index (χ0v) is 10.9. The van der Waals surface area contributed by atoms with Gasteiger partial charge in [0.05, 0.1) is 12.9 Å². The monoisotopic (exact) mass is 259 g/mol. The van der Waals surface area contributed by atoms with E-state index in [2.05, 4.69) is 4.98 Å². The van der Waals surface area contributed by atoms with Gasteiger partial charge in [0.2, 0.25) is 0 Å². The molecule has 0 bridgehead atoms. The minimum Gasteiger partial charge on any atom is -0.480 e. The summed E-state index contributed by atoms with van der Waals surface area (Å²) in [6.07, 6.45) is 5.37. The summed E-state index contributed by atoms with van der Waals surface area (Å²) in [7, 11) is 0. The minimum atomic E-state index is -0.795. The van der Waals surface area contributed by atoms with Crippen LogP contribution in [0, 0.1) is 0 Å². The second-order valence-electron chi connectivity index (χ2n) is 4.33. The molecule has 0 saturated carbocycles. The van der Waals surface area contributed by atoms with Gasteiger partial charge in [-0.1, -0.05) is 19.1 Å². The quantitative estimate of drug-likeness (QED) is 0.859. The topological polar surface area (TPSA) is 58.4 Å². The van der Waals surface area contributed by atoms with Crippen LogP contribution in [0.5, 0.6) is 0 Å². The average Bonchev–Trinajstić information content (AvgIpc) is 2.92. The highest BCUT2D eigenvalue weighted by molar-refractivity contribution is 5.69. The maximum absolute atomic E-state index is 10.7. The van der Waals surface area contributed by atoms with Gasteiger partial charge in [0.1, 0.15) is 0 Å². The second-order valence-corrected chi connectivity index (χ2v) is 4.33. The van der Waals surface area contributed by atoms with E-state index in [-0.39, 0.29) is 6.54 Å². The summed E-state index contributed by atoms with van der Waals surface area (Å²) in [5.74, 6) is -0.795. The Kier molecular flexibility index (Phi) is 4.30. The zero-order chi connectivity index (χ0) is 13.7. The van der Waals surface area contributed by atoms with Crippen molar-refractivity contribution in [3.05, 3.63) is 48.5 Å². The van der Waals surface area contributed by atoms with Gasteiger partial charge in [-0.15, -0.1) is 0 Å². The van der Waals surface area contributed by atoms with Crippen LogP contribution in [0.2, 0.25) is 0 Å². The first-order valence-electron chi connectivity index (χ1n) is 6.20. The lowest BCUT2D eigenvalue weighted by Gasteiger charge is -2.18. The molecule has 0 radical (unpaired) electrons. The van der Waals surface area contributed by atoms with E-state index in [1.165, 1.54) is 0 Å². The molecule has 1 heterocycles. The predicted molar refractivity (Wildman–Crippen MR) is 72.2 cm³/mol. The summed E-state index contributed by atoms with van der Waals surface area (Å²) in [5.41, 5.74) is 2.15. The molecule has 100 valence electrons. The highest BCUT2D eigenvalue weighted by atomic mass is 16.4. The molecular weight excluding hydrogens is 242 g/mol. The molecule has 0 aliphatic rings. The first-order valence-corrected chi connectivity index (χ1v) is 6.20. The van der Waals surface area contributed by atoms with Crippen LogP contribution in [0.25, 0.3) is 5.69 Å². The molecule has 0 saturated heterocycles. The highest BCUT2D eigenvalue weighted by Gasteiger charge is 2.08. The van der Waals surface area contributed by atoms with E-state index in [1.54, 1.807) is 12.5 Å². The number of aliphatic carboxylic acids is 1. The number of carbonyl (C=O) groups is 1. The maximum atomic E-state index is 10.7. The van der Waals surface area contributed by atoms with Crippen molar-refractivity contribution in [3.8, 4) is 5.69 Å². The Morgan fingerprint density at radius 1 is 1.37 bits per heavy atom. The molecule has 2 aromatic rings. The molecule has 0 fully saturated rings. The van der Waals surface area contributed by atoms with Crippen LogP contribution >= 0.6 is 0 Å². The minimum absolute atomic E-state index is 0.0692. The fourth-order valence-electron chi connectivity index (χ4n) is 1.91. The third-order valence-electron chi connectivity index (χ3n) is 2.95. The van der Waals surface area contributed by atoms with E-state index < -0.39 is 5.97 Å². The third-order valence-corrected chi connectivity index (χ3v) is 2.95. The van der Waals surface area contributed by atoms with Gasteiger partial charge < -0.3 is 9.67 Å². The molecule has 0 unspecified atom stereocenters. The molecule has 19 heavy (non-hydrogen) atoms. The lowest BCUT2D eigenvalue weighted by atomic mass is 10.2. The van der Waals surface area contributed by atoms with E-state index in [0.717, 1.165) is 17.8 Å². The molecule has 2 rings (SSSR count). The molecule has 1 aromatic carbocycles. The van der Waals surface area contributed by atoms with Crippen molar-refractivity contribution in [3.63, 3.8) is 0 Å². The van der Waals surface area contributed by atoms with E-state index in [1.807, 2.05) is 46.9 Å². The van der Waals surface area contributed by atoms with Gasteiger partial charge >= 0.3 is 5.97 Å². The summed E-state index contributed by atoms with van der Waals surface area (Å²) in [6, 6.07) is 8.04. The molecule has 0 aliphatic carbocycles. The Bertz CT molecular complexity index is 520. The Labute approximate surface area is 112 Å². The molecule has 1 aromatic heterocycles. The Morgan fingerprint density at radius 2 is 2.11 bits per heavy atom. The van der Waals surface area contributed by atoms with Crippen LogP contribution in [0.3, 0.4) is 0 Å². The highest BCUT2D eigenvalue weighted by Crippen LogP contribution is 2.11. The van der Waals surface area contributed by atoms with Crippen molar-refractivity contribution in [2.45, 2.75) is 13.5 Å². The summed E-state index contributed by atoms with van der Waals surface area (Å²) in [6.45, 7) is 3.39. The van der Waals surface area contributed by atoms with E-state index >= 15 is 0 Å². The van der Waals surface area contributed by atoms with E-state index in [4.69, 9.17) is 5.11 Å². The fraction of sp³-hybridized carbons (Fsp3) is 0.286. The number of nitrogens with zero attached hydrogens (tertiary/aromatic N) is 3. The number of hydrogen-bond donors (Lipinski definition) is 1. The number of imidazole rings is 1. The van der Waals surface area contributed by atoms with Crippen LogP contribution < -0.4 is 0 Å². The number of likely N-dealkylation sites (N-methyl/N-ethyl adjacent to an activating group) is 1. The van der Waals surface area contributed by atoms with Crippen molar-refractivity contribution >= 4 is 5.97 Å². The van der Waals surface area contributed by atoms with Crippen LogP contribution in [0.1, 0.15) is 12.5 Å². The third kappa shape index (κ3) is 3.66. The van der Waals surface area contributed by atoms with Crippen molar-refractivity contribution in [1.82, 2.24) is 14.5 Å². The Balaban J connectivity index is 2.04. The van der Waals surface area contributed by atoms with Gasteiger partial charge in [-0.05, 0) is 24.2 Å². The molecule has 1 N–H and O–H groups in total. The van der Waals surface area contributed by atoms with Crippen molar-refractivity contribution < 1.29 is 9.90 Å². The summed E-state index contributed by atoms with van der Waals surface area (Å²) >= 11 is 0. The molecule has 0 amide bonds. The standard InChI is InChI=1S/C14H17N3O2/c1-2-16(10-14(18)19)9-12-3-5-13(6-4-12)17-8-7-15-11-17/h3-8,11H,2,9-10H2,1H3,(H,18,19). The van der Waals surface area contributed by atoms with E-state index in [0.29, 0.717) is 6.54 Å². The van der Waals surface area contributed by atoms with Gasteiger partial charge in [0, 0.05) is 24.6 Å². The smallest absolute Gasteiger partial charge is 0.317 e. The number of rotatable bonds is 6. The maximum Gasteiger partial charge on any atom is 0.317 e. The van der Waals surface area contributed by atoms with Crippen LogP contribution in [0.15, 0.2) is 43.0 Å². The van der Waals surface area contributed by atoms with Crippen molar-refractivity contribution in [2.24, 2.45) is 0 Å². The molecule has 5 nitrogen and oxygen atoms in total. The van der Waals surface area contributed by atoms with Gasteiger partial charge in [-0.25, -0.2) is 4.98 Å². The Hall–Kier alpha value is -2.14. The van der Waals surface area contributed by atoms with Gasteiger partial charge in [0.15, 0.2) is 0 Å². The number of benzene rings is 1. The zero-order valence-electron chi connectivity index (χ0n) is 10.9. The molecule has 0 atom stereocenters. The summed E-state index contributed by atoms with van der Waals surface area (Å²) in [5, 5.41) is 8.81. The van der Waals surface area contributed by atoms with Gasteiger partial charge in [0.25, 0.3) is 0 Å². The molecule has 5 heteroatoms.